The molecule has 0 saturated heterocycles. The summed E-state index contributed by atoms with van der Waals surface area (Å²) in [5, 5.41) is 12.2. The summed E-state index contributed by atoms with van der Waals surface area (Å²) in [4.78, 5) is 15.4. The summed E-state index contributed by atoms with van der Waals surface area (Å²) in [6.07, 6.45) is 2.60. The van der Waals surface area contributed by atoms with Crippen molar-refractivity contribution >= 4 is 41.8 Å². The maximum atomic E-state index is 11.2. The number of hydrogen-bond donors (Lipinski definition) is 2. The van der Waals surface area contributed by atoms with Gasteiger partial charge in [-0.25, -0.2) is 4.98 Å². The number of aliphatic carboxylic acids is 1. The molecule has 5 nitrogen and oxygen atoms in total. The SMILES string of the molecule is CCCNC(Cn1cnc2ccccc21)C(=O)O.Cl.Cl. The molecule has 0 fully saturated rings. The number of nitrogens with one attached hydrogen (secondary N) is 1. The number of aromatic nitrogens is 2. The van der Waals surface area contributed by atoms with Crippen molar-refractivity contribution in [3.05, 3.63) is 30.6 Å². The number of rotatable bonds is 6. The van der Waals surface area contributed by atoms with Crippen molar-refractivity contribution in [1.29, 1.82) is 0 Å². The van der Waals surface area contributed by atoms with Gasteiger partial charge in [-0.2, -0.15) is 0 Å². The Morgan fingerprint density at radius 2 is 2.10 bits per heavy atom. The summed E-state index contributed by atoms with van der Waals surface area (Å²) >= 11 is 0. The highest BCUT2D eigenvalue weighted by Crippen LogP contribution is 2.12. The van der Waals surface area contributed by atoms with Crippen molar-refractivity contribution in [2.45, 2.75) is 25.9 Å². The summed E-state index contributed by atoms with van der Waals surface area (Å²) in [6, 6.07) is 7.13. The molecule has 20 heavy (non-hydrogen) atoms. The summed E-state index contributed by atoms with van der Waals surface area (Å²) in [6.45, 7) is 3.10. The largest absolute Gasteiger partial charge is 0.480 e. The monoisotopic (exact) mass is 319 g/mol. The lowest BCUT2D eigenvalue weighted by atomic mass is 10.2. The zero-order chi connectivity index (χ0) is 13.0. The van der Waals surface area contributed by atoms with E-state index in [1.165, 1.54) is 0 Å². The third-order valence-corrected chi connectivity index (χ3v) is 2.85. The average Bonchev–Trinajstić information content (AvgIpc) is 2.77. The molecule has 0 aliphatic rings. The van der Waals surface area contributed by atoms with Gasteiger partial charge in [0.15, 0.2) is 0 Å². The lowest BCUT2D eigenvalue weighted by molar-refractivity contribution is -0.139. The van der Waals surface area contributed by atoms with Gasteiger partial charge in [-0.3, -0.25) is 4.79 Å². The molecule has 0 spiro atoms. The number of para-hydroxylation sites is 2. The number of halogens is 2. The van der Waals surface area contributed by atoms with Crippen molar-refractivity contribution in [2.75, 3.05) is 6.54 Å². The van der Waals surface area contributed by atoms with Crippen LogP contribution in [-0.2, 0) is 11.3 Å². The number of imidazole rings is 1. The number of carboxylic acids is 1. The highest BCUT2D eigenvalue weighted by atomic mass is 35.5. The molecule has 1 heterocycles. The fraction of sp³-hybridized carbons (Fsp3) is 0.385. The van der Waals surface area contributed by atoms with Gasteiger partial charge in [0.25, 0.3) is 0 Å². The second kappa shape index (κ2) is 8.79. The second-order valence-electron chi connectivity index (χ2n) is 4.23. The first-order chi connectivity index (χ1) is 8.72. The standard InChI is InChI=1S/C13H17N3O2.2ClH/c1-2-7-14-11(13(17)18)8-16-9-15-10-5-3-4-6-12(10)16;;/h3-6,9,11,14H,2,7-8H2,1H3,(H,17,18);2*1H. The van der Waals surface area contributed by atoms with Crippen LogP contribution in [0.15, 0.2) is 30.6 Å². The molecule has 1 aromatic carbocycles. The number of benzene rings is 1. The smallest absolute Gasteiger partial charge is 0.322 e. The van der Waals surface area contributed by atoms with Crippen LogP contribution in [0.25, 0.3) is 11.0 Å². The molecule has 7 heteroatoms. The van der Waals surface area contributed by atoms with Crippen LogP contribution in [0, 0.1) is 0 Å². The van der Waals surface area contributed by atoms with E-state index in [0.29, 0.717) is 13.1 Å². The Hall–Kier alpha value is -1.30. The van der Waals surface area contributed by atoms with Crippen LogP contribution in [-0.4, -0.2) is 33.2 Å². The maximum Gasteiger partial charge on any atom is 0.322 e. The Morgan fingerprint density at radius 3 is 2.75 bits per heavy atom. The molecule has 0 bridgehead atoms. The molecule has 2 aromatic rings. The molecule has 1 atom stereocenters. The lowest BCUT2D eigenvalue weighted by Gasteiger charge is -2.14. The van der Waals surface area contributed by atoms with Gasteiger partial charge in [0.05, 0.1) is 23.9 Å². The molecular formula is C13H19Cl2N3O2. The number of nitrogens with zero attached hydrogens (tertiary/aromatic N) is 2. The third-order valence-electron chi connectivity index (χ3n) is 2.85. The molecule has 0 aliphatic carbocycles. The highest BCUT2D eigenvalue weighted by molar-refractivity contribution is 5.85. The Kier molecular flexibility index (Phi) is 8.22. The molecule has 0 saturated carbocycles. The van der Waals surface area contributed by atoms with Crippen LogP contribution < -0.4 is 5.32 Å². The number of carbonyl (C=O) groups is 1. The van der Waals surface area contributed by atoms with E-state index in [1.54, 1.807) is 6.33 Å². The molecule has 0 radical (unpaired) electrons. The first kappa shape index (κ1) is 18.7. The van der Waals surface area contributed by atoms with E-state index in [2.05, 4.69) is 10.3 Å². The van der Waals surface area contributed by atoms with Crippen LogP contribution in [0.2, 0.25) is 0 Å². The van der Waals surface area contributed by atoms with Crippen molar-refractivity contribution in [2.24, 2.45) is 0 Å². The van der Waals surface area contributed by atoms with Gasteiger partial charge in [-0.1, -0.05) is 19.1 Å². The minimum Gasteiger partial charge on any atom is -0.480 e. The van der Waals surface area contributed by atoms with E-state index in [-0.39, 0.29) is 24.8 Å². The third kappa shape index (κ3) is 4.37. The van der Waals surface area contributed by atoms with Gasteiger partial charge >= 0.3 is 5.97 Å². The molecule has 1 unspecified atom stereocenters. The zero-order valence-corrected chi connectivity index (χ0v) is 12.8. The molecule has 112 valence electrons. The summed E-state index contributed by atoms with van der Waals surface area (Å²) in [5.74, 6) is -0.832. The van der Waals surface area contributed by atoms with Gasteiger partial charge in [-0.05, 0) is 25.1 Å². The van der Waals surface area contributed by atoms with Crippen LogP contribution >= 0.6 is 24.8 Å². The van der Waals surface area contributed by atoms with Crippen LogP contribution in [0.5, 0.6) is 0 Å². The maximum absolute atomic E-state index is 11.2. The van der Waals surface area contributed by atoms with Gasteiger partial charge in [0.2, 0.25) is 0 Å². The quantitative estimate of drug-likeness (QED) is 0.857. The minimum absolute atomic E-state index is 0. The number of hydrogen-bond acceptors (Lipinski definition) is 3. The Balaban J connectivity index is 0.00000180. The van der Waals surface area contributed by atoms with Crippen molar-refractivity contribution < 1.29 is 9.90 Å². The van der Waals surface area contributed by atoms with Crippen molar-refractivity contribution in [3.63, 3.8) is 0 Å². The molecule has 2 rings (SSSR count). The molecule has 1 aromatic heterocycles. The summed E-state index contributed by atoms with van der Waals surface area (Å²) < 4.78 is 1.87. The van der Waals surface area contributed by atoms with E-state index in [1.807, 2.05) is 35.8 Å². The topological polar surface area (TPSA) is 67.2 Å². The van der Waals surface area contributed by atoms with Crippen LogP contribution in [0.4, 0.5) is 0 Å². The molecule has 2 N–H and O–H groups in total. The number of carboxylic acid groups (broad SMARTS) is 1. The number of fused-ring (bicyclic) bond motifs is 1. The van der Waals surface area contributed by atoms with Gasteiger partial charge in [0, 0.05) is 0 Å². The van der Waals surface area contributed by atoms with E-state index in [4.69, 9.17) is 0 Å². The Bertz CT molecular complexity index is 545. The van der Waals surface area contributed by atoms with E-state index in [0.717, 1.165) is 17.5 Å². The van der Waals surface area contributed by atoms with E-state index in [9.17, 15) is 9.90 Å². The Morgan fingerprint density at radius 1 is 1.40 bits per heavy atom. The van der Waals surface area contributed by atoms with E-state index < -0.39 is 12.0 Å². The van der Waals surface area contributed by atoms with Gasteiger partial charge in [0.1, 0.15) is 6.04 Å². The molecule has 0 amide bonds. The summed E-state index contributed by atoms with van der Waals surface area (Å²) in [7, 11) is 0. The predicted molar refractivity (Wildman–Crippen MR) is 83.9 cm³/mol. The predicted octanol–water partition coefficient (Wildman–Crippen LogP) is 2.33. The Labute approximate surface area is 130 Å². The van der Waals surface area contributed by atoms with Crippen molar-refractivity contribution in [3.8, 4) is 0 Å². The normalized spacial score (nSPS) is 11.4. The van der Waals surface area contributed by atoms with Crippen LogP contribution in [0.1, 0.15) is 13.3 Å². The zero-order valence-electron chi connectivity index (χ0n) is 11.2. The lowest BCUT2D eigenvalue weighted by Crippen LogP contribution is -2.40. The second-order valence-corrected chi connectivity index (χ2v) is 4.23. The first-order valence-electron chi connectivity index (χ1n) is 6.08. The van der Waals surface area contributed by atoms with Crippen molar-refractivity contribution in [1.82, 2.24) is 14.9 Å². The molecular weight excluding hydrogens is 301 g/mol. The average molecular weight is 320 g/mol. The fourth-order valence-corrected chi connectivity index (χ4v) is 1.90. The summed E-state index contributed by atoms with van der Waals surface area (Å²) in [5.41, 5.74) is 1.85. The van der Waals surface area contributed by atoms with Crippen LogP contribution in [0.3, 0.4) is 0 Å². The highest BCUT2D eigenvalue weighted by Gasteiger charge is 2.17. The minimum atomic E-state index is -0.832. The van der Waals surface area contributed by atoms with E-state index >= 15 is 0 Å². The molecule has 0 aliphatic heterocycles. The first-order valence-corrected chi connectivity index (χ1v) is 6.08. The fourth-order valence-electron chi connectivity index (χ4n) is 1.90. The van der Waals surface area contributed by atoms with Gasteiger partial charge < -0.3 is 15.0 Å². The van der Waals surface area contributed by atoms with Gasteiger partial charge in [-0.15, -0.1) is 24.8 Å².